The summed E-state index contributed by atoms with van der Waals surface area (Å²) >= 11 is 0. The first-order chi connectivity index (χ1) is 10.3. The van der Waals surface area contributed by atoms with E-state index in [0.717, 1.165) is 16.3 Å². The molecule has 0 heterocycles. The van der Waals surface area contributed by atoms with Crippen molar-refractivity contribution in [1.82, 2.24) is 0 Å². The zero-order chi connectivity index (χ0) is 14.7. The first-order valence-corrected chi connectivity index (χ1v) is 6.54. The molecule has 0 spiro atoms. The van der Waals surface area contributed by atoms with Gasteiger partial charge in [0.1, 0.15) is 17.2 Å². The van der Waals surface area contributed by atoms with Crippen LogP contribution in [0.3, 0.4) is 0 Å². The highest BCUT2D eigenvalue weighted by molar-refractivity contribution is 5.89. The lowest BCUT2D eigenvalue weighted by Gasteiger charge is -2.10. The molecule has 0 aromatic heterocycles. The molecule has 0 atom stereocenters. The van der Waals surface area contributed by atoms with Gasteiger partial charge in [-0.2, -0.15) is 0 Å². The maximum Gasteiger partial charge on any atom is 0.135 e. The van der Waals surface area contributed by atoms with Crippen molar-refractivity contribution in [3.05, 3.63) is 71.1 Å². The minimum absolute atomic E-state index is 0.00801. The van der Waals surface area contributed by atoms with E-state index in [2.05, 4.69) is 5.18 Å². The van der Waals surface area contributed by atoms with Gasteiger partial charge >= 0.3 is 0 Å². The van der Waals surface area contributed by atoms with Crippen LogP contribution in [0.2, 0.25) is 0 Å². The van der Waals surface area contributed by atoms with Crippen LogP contribution < -0.4 is 4.74 Å². The van der Waals surface area contributed by atoms with Gasteiger partial charge in [-0.05, 0) is 40.4 Å². The Morgan fingerprint density at radius 3 is 2.67 bits per heavy atom. The number of nitrogens with zero attached hydrogens (tertiary/aromatic N) is 1. The zero-order valence-corrected chi connectivity index (χ0v) is 11.2. The van der Waals surface area contributed by atoms with Gasteiger partial charge in [0.15, 0.2) is 0 Å². The van der Waals surface area contributed by atoms with E-state index in [1.54, 1.807) is 24.3 Å². The van der Waals surface area contributed by atoms with E-state index in [9.17, 15) is 10.0 Å². The van der Waals surface area contributed by atoms with E-state index in [1.807, 2.05) is 36.4 Å². The summed E-state index contributed by atoms with van der Waals surface area (Å²) in [6.45, 7) is 0.00801. The molecule has 0 bridgehead atoms. The van der Waals surface area contributed by atoms with Crippen molar-refractivity contribution in [1.29, 1.82) is 0 Å². The summed E-state index contributed by atoms with van der Waals surface area (Å²) in [5.41, 5.74) is 1.18. The van der Waals surface area contributed by atoms with Gasteiger partial charge in [0, 0.05) is 11.5 Å². The molecule has 0 aliphatic heterocycles. The fourth-order valence-corrected chi connectivity index (χ4v) is 2.22. The van der Waals surface area contributed by atoms with Crippen molar-refractivity contribution in [2.45, 2.75) is 6.61 Å². The molecule has 3 aromatic rings. The van der Waals surface area contributed by atoms with Crippen molar-refractivity contribution in [2.75, 3.05) is 0 Å². The third kappa shape index (κ3) is 2.75. The van der Waals surface area contributed by atoms with E-state index < -0.39 is 0 Å². The van der Waals surface area contributed by atoms with Crippen LogP contribution >= 0.6 is 0 Å². The van der Waals surface area contributed by atoms with Crippen molar-refractivity contribution < 1.29 is 9.84 Å². The Bertz CT molecular complexity index is 799. The molecule has 0 aliphatic rings. The van der Waals surface area contributed by atoms with Crippen LogP contribution in [0.5, 0.6) is 11.5 Å². The average Bonchev–Trinajstić information content (AvgIpc) is 2.55. The lowest BCUT2D eigenvalue weighted by Crippen LogP contribution is -1.87. The Kier molecular flexibility index (Phi) is 3.62. The molecule has 0 amide bonds. The van der Waals surface area contributed by atoms with Gasteiger partial charge in [-0.25, -0.2) is 0 Å². The summed E-state index contributed by atoms with van der Waals surface area (Å²) in [7, 11) is 0. The molecule has 0 saturated heterocycles. The highest BCUT2D eigenvalue weighted by atomic mass is 16.5. The summed E-state index contributed by atoms with van der Waals surface area (Å²) < 4.78 is 5.85. The molecule has 4 heteroatoms. The predicted octanol–water partition coefficient (Wildman–Crippen LogP) is 4.52. The second-order valence-corrected chi connectivity index (χ2v) is 4.66. The molecule has 0 saturated carbocycles. The Morgan fingerprint density at radius 2 is 1.86 bits per heavy atom. The quantitative estimate of drug-likeness (QED) is 0.714. The molecule has 4 nitrogen and oxygen atoms in total. The molecule has 3 rings (SSSR count). The summed E-state index contributed by atoms with van der Waals surface area (Å²) in [5.74, 6) is 1.26. The number of hydrogen-bond donors (Lipinski definition) is 1. The Labute approximate surface area is 121 Å². The maximum absolute atomic E-state index is 10.6. The standard InChI is InChI=1S/C17H13NO3/c19-11-12-7-8-16-13(9-12)3-1-6-17(16)21-15-5-2-4-14(10-15)18-20/h1-10,19H,11H2. The predicted molar refractivity (Wildman–Crippen MR) is 81.8 cm³/mol. The topological polar surface area (TPSA) is 58.9 Å². The van der Waals surface area contributed by atoms with Crippen LogP contribution in [0, 0.1) is 4.91 Å². The number of hydrogen-bond acceptors (Lipinski definition) is 4. The molecule has 0 radical (unpaired) electrons. The summed E-state index contributed by atoms with van der Waals surface area (Å²) in [6.07, 6.45) is 0. The van der Waals surface area contributed by atoms with E-state index in [1.165, 1.54) is 0 Å². The van der Waals surface area contributed by atoms with Crippen LogP contribution in [0.4, 0.5) is 5.69 Å². The molecule has 1 N–H and O–H groups in total. The Hall–Kier alpha value is -2.72. The summed E-state index contributed by atoms with van der Waals surface area (Å²) in [6, 6.07) is 18.1. The number of aliphatic hydroxyl groups excluding tert-OH is 1. The molecule has 0 unspecified atom stereocenters. The summed E-state index contributed by atoms with van der Waals surface area (Å²) in [4.78, 5) is 10.6. The fraction of sp³-hybridized carbons (Fsp3) is 0.0588. The minimum Gasteiger partial charge on any atom is -0.457 e. The second-order valence-electron chi connectivity index (χ2n) is 4.66. The third-order valence-corrected chi connectivity index (χ3v) is 3.24. The number of ether oxygens (including phenoxy) is 1. The van der Waals surface area contributed by atoms with Crippen LogP contribution in [0.15, 0.2) is 65.8 Å². The molecule has 0 aliphatic carbocycles. The average molecular weight is 279 g/mol. The van der Waals surface area contributed by atoms with Gasteiger partial charge in [-0.1, -0.05) is 30.3 Å². The molecule has 0 fully saturated rings. The third-order valence-electron chi connectivity index (χ3n) is 3.24. The van der Waals surface area contributed by atoms with Crippen LogP contribution in [0.25, 0.3) is 10.8 Å². The van der Waals surface area contributed by atoms with Crippen molar-refractivity contribution in [2.24, 2.45) is 5.18 Å². The number of nitroso groups, excluding NO2 is 1. The number of rotatable bonds is 4. The van der Waals surface area contributed by atoms with E-state index in [0.29, 0.717) is 17.2 Å². The van der Waals surface area contributed by atoms with E-state index >= 15 is 0 Å². The highest BCUT2D eigenvalue weighted by Crippen LogP contribution is 2.31. The normalized spacial score (nSPS) is 10.5. The fourth-order valence-electron chi connectivity index (χ4n) is 2.22. The molecule has 21 heavy (non-hydrogen) atoms. The summed E-state index contributed by atoms with van der Waals surface area (Å²) in [5, 5.41) is 14.0. The molecular formula is C17H13NO3. The highest BCUT2D eigenvalue weighted by Gasteiger charge is 2.05. The second kappa shape index (κ2) is 5.73. The lowest BCUT2D eigenvalue weighted by molar-refractivity contribution is 0.282. The van der Waals surface area contributed by atoms with Crippen LogP contribution in [-0.2, 0) is 6.61 Å². The van der Waals surface area contributed by atoms with Gasteiger partial charge in [-0.15, -0.1) is 4.91 Å². The SMILES string of the molecule is O=Nc1cccc(Oc2cccc3cc(CO)ccc23)c1. The van der Waals surface area contributed by atoms with Gasteiger partial charge < -0.3 is 9.84 Å². The van der Waals surface area contributed by atoms with Crippen LogP contribution in [-0.4, -0.2) is 5.11 Å². The monoisotopic (exact) mass is 279 g/mol. The lowest BCUT2D eigenvalue weighted by atomic mass is 10.1. The van der Waals surface area contributed by atoms with Crippen molar-refractivity contribution >= 4 is 16.5 Å². The molecule has 104 valence electrons. The Balaban J connectivity index is 2.01. The van der Waals surface area contributed by atoms with Crippen LogP contribution in [0.1, 0.15) is 5.56 Å². The number of fused-ring (bicyclic) bond motifs is 1. The smallest absolute Gasteiger partial charge is 0.135 e. The van der Waals surface area contributed by atoms with Gasteiger partial charge in [0.05, 0.1) is 6.61 Å². The maximum atomic E-state index is 10.6. The number of aliphatic hydroxyl groups is 1. The van der Waals surface area contributed by atoms with E-state index in [-0.39, 0.29) is 6.61 Å². The largest absolute Gasteiger partial charge is 0.457 e. The van der Waals surface area contributed by atoms with Gasteiger partial charge in [0.2, 0.25) is 0 Å². The first-order valence-electron chi connectivity index (χ1n) is 6.54. The zero-order valence-electron chi connectivity index (χ0n) is 11.2. The van der Waals surface area contributed by atoms with Gasteiger partial charge in [-0.3, -0.25) is 0 Å². The Morgan fingerprint density at radius 1 is 1.00 bits per heavy atom. The molecular weight excluding hydrogens is 266 g/mol. The first kappa shape index (κ1) is 13.3. The number of benzene rings is 3. The van der Waals surface area contributed by atoms with Crippen molar-refractivity contribution in [3.8, 4) is 11.5 Å². The van der Waals surface area contributed by atoms with Gasteiger partial charge in [0.25, 0.3) is 0 Å². The van der Waals surface area contributed by atoms with Crippen molar-refractivity contribution in [3.63, 3.8) is 0 Å². The van der Waals surface area contributed by atoms with E-state index in [4.69, 9.17) is 4.74 Å². The minimum atomic E-state index is 0.00801. The molecule has 3 aromatic carbocycles.